The number of benzene rings is 2. The molecule has 0 unspecified atom stereocenters. The maximum Gasteiger partial charge on any atom is 0.250 e. The minimum atomic E-state index is -0.287. The molecule has 0 radical (unpaired) electrons. The third-order valence-corrected chi connectivity index (χ3v) is 6.17. The van der Waals surface area contributed by atoms with E-state index in [0.717, 1.165) is 28.9 Å². The second kappa shape index (κ2) is 15.0. The lowest BCUT2D eigenvalue weighted by Crippen LogP contribution is -2.47. The Bertz CT molecular complexity index is 1100. The molecule has 204 valence electrons. The quantitative estimate of drug-likeness (QED) is 0.327. The summed E-state index contributed by atoms with van der Waals surface area (Å²) in [6.07, 6.45) is 0. The number of hydrogen-bond acceptors (Lipinski definition) is 6. The fourth-order valence-electron chi connectivity index (χ4n) is 4.13. The minimum absolute atomic E-state index is 0. The first-order valence-electron chi connectivity index (χ1n) is 11.8. The number of carbonyl (C=O) groups excluding carboxylic acids is 3. The number of hydrazine groups is 1. The van der Waals surface area contributed by atoms with E-state index in [2.05, 4.69) is 10.6 Å². The van der Waals surface area contributed by atoms with E-state index in [0.29, 0.717) is 31.7 Å². The van der Waals surface area contributed by atoms with Crippen molar-refractivity contribution >= 4 is 48.1 Å². The van der Waals surface area contributed by atoms with Crippen molar-refractivity contribution in [3.8, 4) is 0 Å². The molecule has 1 aliphatic heterocycles. The molecule has 2 amide bonds. The molecular formula is C26H36Cl2FN5O3. The zero-order chi connectivity index (χ0) is 25.5. The van der Waals surface area contributed by atoms with E-state index < -0.39 is 0 Å². The standard InChI is InChI=1S/C26H34FN5O3.2ClH/c1-5-28-10-11-32(24-9-7-20(19(3)33)12-18(24)2)26(35)15-29-14-25(34)30(4)31-16-21-6-8-23(27)13-22(21)17-31;;/h6-9,12-13,28-29H,5,10-11,14-17H2,1-4H3;2*1H. The summed E-state index contributed by atoms with van der Waals surface area (Å²) in [6, 6.07) is 9.97. The van der Waals surface area contributed by atoms with Crippen LogP contribution < -0.4 is 15.5 Å². The zero-order valence-electron chi connectivity index (χ0n) is 21.7. The first kappa shape index (κ1) is 32.5. The number of amides is 2. The van der Waals surface area contributed by atoms with Gasteiger partial charge in [0.1, 0.15) is 5.82 Å². The Morgan fingerprint density at radius 2 is 1.65 bits per heavy atom. The monoisotopic (exact) mass is 555 g/mol. The summed E-state index contributed by atoms with van der Waals surface area (Å²) >= 11 is 0. The Hall–Kier alpha value is -2.56. The first-order valence-corrected chi connectivity index (χ1v) is 11.8. The average Bonchev–Trinajstić information content (AvgIpc) is 3.24. The number of rotatable bonds is 11. The fraction of sp³-hybridized carbons (Fsp3) is 0.423. The van der Waals surface area contributed by atoms with E-state index in [1.54, 1.807) is 36.2 Å². The Balaban J connectivity index is 0.00000342. The highest BCUT2D eigenvalue weighted by molar-refractivity contribution is 5.98. The molecule has 1 heterocycles. The molecule has 0 atom stereocenters. The van der Waals surface area contributed by atoms with E-state index in [9.17, 15) is 18.8 Å². The first-order chi connectivity index (χ1) is 16.7. The predicted octanol–water partition coefficient (Wildman–Crippen LogP) is 3.10. The molecule has 2 N–H and O–H groups in total. The summed E-state index contributed by atoms with van der Waals surface area (Å²) in [5.74, 6) is -0.668. The molecule has 0 bridgehead atoms. The highest BCUT2D eigenvalue weighted by Gasteiger charge is 2.25. The summed E-state index contributed by atoms with van der Waals surface area (Å²) in [4.78, 5) is 39.2. The molecule has 2 aromatic rings. The summed E-state index contributed by atoms with van der Waals surface area (Å²) in [7, 11) is 1.68. The number of carbonyl (C=O) groups is 3. The summed E-state index contributed by atoms with van der Waals surface area (Å²) in [5, 5.41) is 9.55. The van der Waals surface area contributed by atoms with Crippen LogP contribution in [0.15, 0.2) is 36.4 Å². The number of fused-ring (bicyclic) bond motifs is 1. The smallest absolute Gasteiger partial charge is 0.250 e. The molecule has 2 aromatic carbocycles. The SMILES string of the molecule is CCNCCN(C(=O)CNCC(=O)N(C)N1Cc2ccc(F)cc2C1)c1ccc(C(C)=O)cc1C.Cl.Cl. The number of nitrogens with zero attached hydrogens (tertiary/aromatic N) is 3. The van der Waals surface area contributed by atoms with Crippen LogP contribution >= 0.6 is 24.8 Å². The van der Waals surface area contributed by atoms with Crippen molar-refractivity contribution < 1.29 is 18.8 Å². The molecule has 0 fully saturated rings. The van der Waals surface area contributed by atoms with Crippen LogP contribution in [0, 0.1) is 12.7 Å². The second-order valence-corrected chi connectivity index (χ2v) is 8.71. The molecule has 8 nitrogen and oxygen atoms in total. The molecule has 37 heavy (non-hydrogen) atoms. The Morgan fingerprint density at radius 3 is 2.30 bits per heavy atom. The van der Waals surface area contributed by atoms with E-state index in [4.69, 9.17) is 0 Å². The molecule has 0 aromatic heterocycles. The molecule has 0 saturated carbocycles. The van der Waals surface area contributed by atoms with Gasteiger partial charge in [-0.2, -0.15) is 0 Å². The molecule has 3 rings (SSSR count). The number of nitrogens with one attached hydrogen (secondary N) is 2. The zero-order valence-corrected chi connectivity index (χ0v) is 23.3. The Kier molecular flexibility index (Phi) is 13.2. The minimum Gasteiger partial charge on any atom is -0.315 e. The van der Waals surface area contributed by atoms with Crippen molar-refractivity contribution in [1.29, 1.82) is 0 Å². The topological polar surface area (TPSA) is 85.0 Å². The summed E-state index contributed by atoms with van der Waals surface area (Å²) in [6.45, 7) is 8.23. The van der Waals surface area contributed by atoms with Gasteiger partial charge in [-0.1, -0.05) is 13.0 Å². The normalized spacial score (nSPS) is 12.2. The average molecular weight is 557 g/mol. The van der Waals surface area contributed by atoms with Gasteiger partial charge in [0.25, 0.3) is 5.91 Å². The van der Waals surface area contributed by atoms with Crippen molar-refractivity contribution in [2.24, 2.45) is 0 Å². The van der Waals surface area contributed by atoms with Gasteiger partial charge in [-0.25, -0.2) is 9.40 Å². The number of hydrogen-bond donors (Lipinski definition) is 2. The number of ketones is 1. The third-order valence-electron chi connectivity index (χ3n) is 6.17. The van der Waals surface area contributed by atoms with Crippen LogP contribution in [0.25, 0.3) is 0 Å². The van der Waals surface area contributed by atoms with Crippen molar-refractivity contribution in [2.75, 3.05) is 44.7 Å². The van der Waals surface area contributed by atoms with E-state index in [1.807, 2.05) is 18.9 Å². The molecule has 11 heteroatoms. The number of likely N-dealkylation sites (N-methyl/N-ethyl adjacent to an activating group) is 2. The summed E-state index contributed by atoms with van der Waals surface area (Å²) < 4.78 is 13.5. The second-order valence-electron chi connectivity index (χ2n) is 8.71. The number of anilines is 1. The Labute approximate surface area is 230 Å². The highest BCUT2D eigenvalue weighted by Crippen LogP contribution is 2.24. The van der Waals surface area contributed by atoms with Gasteiger partial charge in [0.15, 0.2) is 5.78 Å². The van der Waals surface area contributed by atoms with Crippen LogP contribution in [-0.2, 0) is 22.7 Å². The van der Waals surface area contributed by atoms with Gasteiger partial charge < -0.3 is 10.2 Å². The third kappa shape index (κ3) is 8.48. The van der Waals surface area contributed by atoms with Crippen molar-refractivity contribution in [1.82, 2.24) is 20.7 Å². The van der Waals surface area contributed by atoms with Gasteiger partial charge >= 0.3 is 0 Å². The molecule has 0 aliphatic carbocycles. The van der Waals surface area contributed by atoms with Gasteiger partial charge in [0, 0.05) is 44.5 Å². The van der Waals surface area contributed by atoms with Crippen molar-refractivity contribution in [3.63, 3.8) is 0 Å². The molecular weight excluding hydrogens is 520 g/mol. The Morgan fingerprint density at radius 1 is 0.973 bits per heavy atom. The molecule has 0 saturated heterocycles. The van der Waals surface area contributed by atoms with Gasteiger partial charge in [0.05, 0.1) is 13.1 Å². The van der Waals surface area contributed by atoms with E-state index >= 15 is 0 Å². The van der Waals surface area contributed by atoms with Crippen LogP contribution in [0.3, 0.4) is 0 Å². The number of halogens is 3. The number of Topliss-reactive ketones (excluding diaryl/α,β-unsaturated/α-hetero) is 1. The van der Waals surface area contributed by atoms with Crippen molar-refractivity contribution in [3.05, 3.63) is 64.5 Å². The lowest BCUT2D eigenvalue weighted by Gasteiger charge is -2.28. The van der Waals surface area contributed by atoms with Crippen LogP contribution in [0.1, 0.15) is 40.9 Å². The van der Waals surface area contributed by atoms with Crippen LogP contribution in [0.5, 0.6) is 0 Å². The lowest BCUT2D eigenvalue weighted by atomic mass is 10.1. The van der Waals surface area contributed by atoms with Crippen LogP contribution in [-0.4, -0.2) is 67.4 Å². The highest BCUT2D eigenvalue weighted by atomic mass is 35.5. The van der Waals surface area contributed by atoms with Gasteiger partial charge in [0.2, 0.25) is 5.91 Å². The van der Waals surface area contributed by atoms with E-state index in [-0.39, 0.29) is 61.3 Å². The summed E-state index contributed by atoms with van der Waals surface area (Å²) in [5.41, 5.74) is 4.05. The predicted molar refractivity (Wildman–Crippen MR) is 148 cm³/mol. The largest absolute Gasteiger partial charge is 0.315 e. The number of aryl methyl sites for hydroxylation is 1. The van der Waals surface area contributed by atoms with E-state index in [1.165, 1.54) is 24.1 Å². The fourth-order valence-corrected chi connectivity index (χ4v) is 4.13. The maximum absolute atomic E-state index is 13.5. The van der Waals surface area contributed by atoms with Crippen LogP contribution in [0.2, 0.25) is 0 Å². The maximum atomic E-state index is 13.5. The lowest BCUT2D eigenvalue weighted by molar-refractivity contribution is -0.145. The molecule has 0 spiro atoms. The van der Waals surface area contributed by atoms with Crippen molar-refractivity contribution in [2.45, 2.75) is 33.9 Å². The van der Waals surface area contributed by atoms with Crippen LogP contribution in [0.4, 0.5) is 10.1 Å². The molecule has 1 aliphatic rings. The van der Waals surface area contributed by atoms with Gasteiger partial charge in [-0.05, 0) is 67.4 Å². The van der Waals surface area contributed by atoms with Gasteiger partial charge in [-0.3, -0.25) is 24.7 Å². The van der Waals surface area contributed by atoms with Gasteiger partial charge in [-0.15, -0.1) is 24.8 Å².